The zero-order valence-electron chi connectivity index (χ0n) is 12.1. The van der Waals surface area contributed by atoms with Crippen LogP contribution in [0.5, 0.6) is 0 Å². The van der Waals surface area contributed by atoms with Gasteiger partial charge in [0.1, 0.15) is 0 Å². The molecule has 1 aliphatic rings. The van der Waals surface area contributed by atoms with Gasteiger partial charge in [-0.25, -0.2) is 0 Å². The van der Waals surface area contributed by atoms with E-state index in [4.69, 9.17) is 0 Å². The third kappa shape index (κ3) is 3.17. The highest BCUT2D eigenvalue weighted by Gasteiger charge is 2.31. The molecule has 0 bridgehead atoms. The standard InChI is InChI=1S/C16H15BrN2O2S/c1-10(20)22-9-11-6-16(21)19(8-11)15-4-5-18-14-3-2-12(17)7-13(14)15/h2-5,7,11H,6,8-9H2,1H3. The van der Waals surface area contributed by atoms with Gasteiger partial charge in [-0.1, -0.05) is 27.7 Å². The van der Waals surface area contributed by atoms with Crippen LogP contribution in [0.1, 0.15) is 13.3 Å². The normalized spacial score (nSPS) is 18.2. The predicted octanol–water partition coefficient (Wildman–Crippen LogP) is 3.63. The number of aromatic nitrogens is 1. The number of benzene rings is 1. The van der Waals surface area contributed by atoms with Crippen LogP contribution in [-0.2, 0) is 9.59 Å². The number of thioether (sulfide) groups is 1. The first-order valence-electron chi connectivity index (χ1n) is 7.02. The number of hydrogen-bond donors (Lipinski definition) is 0. The number of carbonyl (C=O) groups excluding carboxylic acids is 2. The van der Waals surface area contributed by atoms with Gasteiger partial charge in [0.15, 0.2) is 5.12 Å². The molecule has 1 aliphatic heterocycles. The first kappa shape index (κ1) is 15.5. The van der Waals surface area contributed by atoms with Crippen LogP contribution in [0.4, 0.5) is 5.69 Å². The topological polar surface area (TPSA) is 50.3 Å². The molecule has 0 saturated carbocycles. The first-order valence-corrected chi connectivity index (χ1v) is 8.80. The van der Waals surface area contributed by atoms with Gasteiger partial charge in [0, 0.05) is 41.7 Å². The number of nitrogens with zero attached hydrogens (tertiary/aromatic N) is 2. The Morgan fingerprint density at radius 2 is 2.27 bits per heavy atom. The van der Waals surface area contributed by atoms with E-state index in [1.165, 1.54) is 11.8 Å². The van der Waals surface area contributed by atoms with Gasteiger partial charge in [-0.15, -0.1) is 0 Å². The van der Waals surface area contributed by atoms with E-state index < -0.39 is 0 Å². The average Bonchev–Trinajstić information content (AvgIpc) is 2.85. The van der Waals surface area contributed by atoms with Gasteiger partial charge in [-0.3, -0.25) is 14.6 Å². The Morgan fingerprint density at radius 1 is 1.45 bits per heavy atom. The quantitative estimate of drug-likeness (QED) is 0.817. The van der Waals surface area contributed by atoms with E-state index >= 15 is 0 Å². The van der Waals surface area contributed by atoms with Crippen molar-refractivity contribution in [1.82, 2.24) is 4.98 Å². The maximum Gasteiger partial charge on any atom is 0.227 e. The lowest BCUT2D eigenvalue weighted by Gasteiger charge is -2.18. The Morgan fingerprint density at radius 3 is 3.05 bits per heavy atom. The highest BCUT2D eigenvalue weighted by atomic mass is 79.9. The van der Waals surface area contributed by atoms with E-state index in [1.807, 2.05) is 29.2 Å². The van der Waals surface area contributed by atoms with Gasteiger partial charge in [-0.2, -0.15) is 0 Å². The van der Waals surface area contributed by atoms with Gasteiger partial charge in [-0.05, 0) is 30.2 Å². The molecule has 1 unspecified atom stereocenters. The fraction of sp³-hybridized carbons (Fsp3) is 0.312. The summed E-state index contributed by atoms with van der Waals surface area (Å²) < 4.78 is 0.963. The van der Waals surface area contributed by atoms with Crippen molar-refractivity contribution in [3.05, 3.63) is 34.9 Å². The van der Waals surface area contributed by atoms with Crippen LogP contribution in [0.15, 0.2) is 34.9 Å². The molecule has 22 heavy (non-hydrogen) atoms. The monoisotopic (exact) mass is 378 g/mol. The van der Waals surface area contributed by atoms with Crippen LogP contribution in [0, 0.1) is 5.92 Å². The van der Waals surface area contributed by atoms with Gasteiger partial charge in [0.05, 0.1) is 11.2 Å². The summed E-state index contributed by atoms with van der Waals surface area (Å²) in [6.45, 7) is 2.22. The van der Waals surface area contributed by atoms with Crippen LogP contribution >= 0.6 is 27.7 Å². The Kier molecular flexibility index (Phi) is 4.49. The van der Waals surface area contributed by atoms with Crippen molar-refractivity contribution in [2.45, 2.75) is 13.3 Å². The van der Waals surface area contributed by atoms with E-state index in [0.717, 1.165) is 21.1 Å². The number of amides is 1. The third-order valence-electron chi connectivity index (χ3n) is 3.70. The molecule has 0 N–H and O–H groups in total. The molecular formula is C16H15BrN2O2S. The molecule has 1 atom stereocenters. The summed E-state index contributed by atoms with van der Waals surface area (Å²) in [5.74, 6) is 1.03. The maximum absolute atomic E-state index is 12.4. The lowest BCUT2D eigenvalue weighted by molar-refractivity contribution is -0.117. The SMILES string of the molecule is CC(=O)SCC1CC(=O)N(c2ccnc3ccc(Br)cc23)C1. The molecule has 2 aromatic rings. The molecule has 1 saturated heterocycles. The number of fused-ring (bicyclic) bond motifs is 1. The molecule has 114 valence electrons. The number of pyridine rings is 1. The van der Waals surface area contributed by atoms with Crippen molar-refractivity contribution in [2.24, 2.45) is 5.92 Å². The number of anilines is 1. The summed E-state index contributed by atoms with van der Waals surface area (Å²) in [5, 5.41) is 1.06. The van der Waals surface area contributed by atoms with Crippen LogP contribution in [0.2, 0.25) is 0 Å². The van der Waals surface area contributed by atoms with Crippen molar-refractivity contribution in [2.75, 3.05) is 17.2 Å². The van der Waals surface area contributed by atoms with Crippen molar-refractivity contribution in [3.8, 4) is 0 Å². The van der Waals surface area contributed by atoms with Gasteiger partial charge in [0.2, 0.25) is 5.91 Å². The van der Waals surface area contributed by atoms with Crippen molar-refractivity contribution < 1.29 is 9.59 Å². The fourth-order valence-corrected chi connectivity index (χ4v) is 3.76. The molecule has 0 aliphatic carbocycles. The average molecular weight is 379 g/mol. The summed E-state index contributed by atoms with van der Waals surface area (Å²) in [6, 6.07) is 7.75. The molecule has 1 aromatic heterocycles. The number of carbonyl (C=O) groups is 2. The fourth-order valence-electron chi connectivity index (χ4n) is 2.70. The third-order valence-corrected chi connectivity index (χ3v) is 5.24. The molecule has 1 aromatic carbocycles. The van der Waals surface area contributed by atoms with Crippen molar-refractivity contribution in [1.29, 1.82) is 0 Å². The minimum absolute atomic E-state index is 0.101. The van der Waals surface area contributed by atoms with Crippen LogP contribution in [-0.4, -0.2) is 28.3 Å². The summed E-state index contributed by atoms with van der Waals surface area (Å²) in [4.78, 5) is 29.6. The molecule has 4 nitrogen and oxygen atoms in total. The smallest absolute Gasteiger partial charge is 0.227 e. The molecular weight excluding hydrogens is 364 g/mol. The first-order chi connectivity index (χ1) is 10.5. The van der Waals surface area contributed by atoms with Crippen molar-refractivity contribution >= 4 is 55.3 Å². The highest BCUT2D eigenvalue weighted by molar-refractivity contribution is 9.10. The summed E-state index contributed by atoms with van der Waals surface area (Å²) in [5.41, 5.74) is 1.77. The Bertz CT molecular complexity index is 750. The lowest BCUT2D eigenvalue weighted by atomic mass is 10.1. The van der Waals surface area contributed by atoms with E-state index in [-0.39, 0.29) is 16.9 Å². The summed E-state index contributed by atoms with van der Waals surface area (Å²) in [7, 11) is 0. The minimum atomic E-state index is 0.101. The van der Waals surface area contributed by atoms with Crippen LogP contribution in [0.25, 0.3) is 10.9 Å². The molecule has 3 rings (SSSR count). The highest BCUT2D eigenvalue weighted by Crippen LogP contribution is 2.33. The Balaban J connectivity index is 1.89. The summed E-state index contributed by atoms with van der Waals surface area (Å²) in [6.07, 6.45) is 2.23. The van der Waals surface area contributed by atoms with E-state index in [1.54, 1.807) is 13.1 Å². The Labute approximate surface area is 141 Å². The second-order valence-corrected chi connectivity index (χ2v) is 7.48. The van der Waals surface area contributed by atoms with Crippen molar-refractivity contribution in [3.63, 3.8) is 0 Å². The lowest BCUT2D eigenvalue weighted by Crippen LogP contribution is -2.25. The molecule has 6 heteroatoms. The predicted molar refractivity (Wildman–Crippen MR) is 93.0 cm³/mol. The molecule has 0 spiro atoms. The van der Waals surface area contributed by atoms with Crippen LogP contribution in [0.3, 0.4) is 0 Å². The van der Waals surface area contributed by atoms with Gasteiger partial charge < -0.3 is 4.90 Å². The zero-order chi connectivity index (χ0) is 15.7. The number of halogens is 1. The molecule has 0 radical (unpaired) electrons. The van der Waals surface area contributed by atoms with Gasteiger partial charge >= 0.3 is 0 Å². The largest absolute Gasteiger partial charge is 0.311 e. The van der Waals surface area contributed by atoms with E-state index in [2.05, 4.69) is 20.9 Å². The second-order valence-electron chi connectivity index (χ2n) is 5.37. The second kappa shape index (κ2) is 6.38. The number of hydrogen-bond acceptors (Lipinski definition) is 4. The number of rotatable bonds is 3. The minimum Gasteiger partial charge on any atom is -0.311 e. The van der Waals surface area contributed by atoms with E-state index in [0.29, 0.717) is 18.7 Å². The molecule has 2 heterocycles. The summed E-state index contributed by atoms with van der Waals surface area (Å²) >= 11 is 4.77. The molecule has 1 amide bonds. The Hall–Kier alpha value is -1.40. The maximum atomic E-state index is 12.4. The van der Waals surface area contributed by atoms with E-state index in [9.17, 15) is 9.59 Å². The zero-order valence-corrected chi connectivity index (χ0v) is 14.5. The van der Waals surface area contributed by atoms with Gasteiger partial charge in [0.25, 0.3) is 0 Å². The van der Waals surface area contributed by atoms with Crippen LogP contribution < -0.4 is 4.90 Å². The molecule has 1 fully saturated rings.